The van der Waals surface area contributed by atoms with Gasteiger partial charge in [0.05, 0.1) is 22.8 Å². The first kappa shape index (κ1) is 22.2. The van der Waals surface area contributed by atoms with Crippen molar-refractivity contribution in [2.75, 3.05) is 21.1 Å². The molecule has 0 unspecified atom stereocenters. The molecule has 4 rings (SSSR count). The van der Waals surface area contributed by atoms with E-state index in [1.165, 1.54) is 11.0 Å². The van der Waals surface area contributed by atoms with E-state index in [0.29, 0.717) is 40.0 Å². The van der Waals surface area contributed by atoms with Crippen LogP contribution in [0.4, 0.5) is 4.39 Å². The minimum Gasteiger partial charge on any atom is -0.345 e. The highest BCUT2D eigenvalue weighted by molar-refractivity contribution is 5.99. The van der Waals surface area contributed by atoms with Crippen molar-refractivity contribution >= 4 is 16.8 Å². The van der Waals surface area contributed by atoms with Crippen LogP contribution in [0.1, 0.15) is 27.0 Å². The molecule has 1 aromatic heterocycles. The molecule has 0 fully saturated rings. The van der Waals surface area contributed by atoms with Crippen LogP contribution in [-0.2, 0) is 6.54 Å². The summed E-state index contributed by atoms with van der Waals surface area (Å²) in [7, 11) is 5.22. The second kappa shape index (κ2) is 8.85. The van der Waals surface area contributed by atoms with Crippen LogP contribution in [0.15, 0.2) is 48.5 Å². The number of nitriles is 1. The van der Waals surface area contributed by atoms with Gasteiger partial charge in [0.15, 0.2) is 0 Å². The van der Waals surface area contributed by atoms with Crippen molar-refractivity contribution in [3.05, 3.63) is 76.6 Å². The van der Waals surface area contributed by atoms with Gasteiger partial charge >= 0.3 is 0 Å². The number of carbonyl (C=O) groups excluding carboxylic acids is 1. The van der Waals surface area contributed by atoms with Crippen molar-refractivity contribution in [2.24, 2.45) is 0 Å². The Balaban J connectivity index is 1.85. The SMILES string of the molecule is CNCc1cc(C)c(-c2cc3c(-c4ccc(C(=O)N(C)C)cc4)n[nH]c3cc2C#N)c(F)c1. The molecule has 1 amide bonds. The highest BCUT2D eigenvalue weighted by atomic mass is 19.1. The molecule has 4 aromatic rings. The fraction of sp³-hybridized carbons (Fsp3) is 0.192. The number of aromatic nitrogens is 2. The van der Waals surface area contributed by atoms with Gasteiger partial charge in [-0.2, -0.15) is 10.4 Å². The van der Waals surface area contributed by atoms with E-state index < -0.39 is 0 Å². The molecule has 0 aliphatic heterocycles. The van der Waals surface area contributed by atoms with E-state index in [4.69, 9.17) is 0 Å². The number of aryl methyl sites for hydroxylation is 1. The first-order chi connectivity index (χ1) is 15.8. The standard InChI is InChI=1S/C26H24FN5O/c1-15-9-16(14-29-2)10-22(27)24(15)20-12-21-23(11-19(20)13-28)30-31-25(21)17-5-7-18(8-6-17)26(33)32(3)4/h5-12,29H,14H2,1-4H3,(H,30,31). The molecule has 0 radical (unpaired) electrons. The zero-order valence-corrected chi connectivity index (χ0v) is 19.0. The van der Waals surface area contributed by atoms with E-state index in [1.54, 1.807) is 32.3 Å². The van der Waals surface area contributed by atoms with Gasteiger partial charge in [-0.3, -0.25) is 9.89 Å². The topological polar surface area (TPSA) is 84.8 Å². The molecule has 6 nitrogen and oxygen atoms in total. The number of hydrogen-bond acceptors (Lipinski definition) is 4. The molecule has 0 bridgehead atoms. The van der Waals surface area contributed by atoms with Crippen LogP contribution in [0, 0.1) is 24.1 Å². The summed E-state index contributed by atoms with van der Waals surface area (Å²) in [5.74, 6) is -0.449. The molecular formula is C26H24FN5O. The molecule has 2 N–H and O–H groups in total. The Kier molecular flexibility index (Phi) is 5.95. The number of fused-ring (bicyclic) bond motifs is 1. The van der Waals surface area contributed by atoms with Gasteiger partial charge in [-0.25, -0.2) is 4.39 Å². The number of nitrogens with one attached hydrogen (secondary N) is 2. The average molecular weight is 442 g/mol. The number of aromatic amines is 1. The maximum atomic E-state index is 15.2. The van der Waals surface area contributed by atoms with Crippen molar-refractivity contribution < 1.29 is 9.18 Å². The summed E-state index contributed by atoms with van der Waals surface area (Å²) >= 11 is 0. The lowest BCUT2D eigenvalue weighted by Crippen LogP contribution is -2.21. The molecule has 7 heteroatoms. The number of rotatable bonds is 5. The van der Waals surface area contributed by atoms with E-state index >= 15 is 4.39 Å². The first-order valence-electron chi connectivity index (χ1n) is 10.5. The molecule has 33 heavy (non-hydrogen) atoms. The summed E-state index contributed by atoms with van der Waals surface area (Å²) < 4.78 is 15.2. The van der Waals surface area contributed by atoms with E-state index in [1.807, 2.05) is 38.2 Å². The number of benzene rings is 3. The van der Waals surface area contributed by atoms with Gasteiger partial charge in [-0.15, -0.1) is 0 Å². The van der Waals surface area contributed by atoms with E-state index in [-0.39, 0.29) is 11.7 Å². The van der Waals surface area contributed by atoms with Gasteiger partial charge in [0.2, 0.25) is 0 Å². The van der Waals surface area contributed by atoms with Crippen LogP contribution in [-0.4, -0.2) is 42.1 Å². The number of halogens is 1. The summed E-state index contributed by atoms with van der Waals surface area (Å²) in [6, 6.07) is 16.3. The fourth-order valence-corrected chi connectivity index (χ4v) is 4.08. The number of hydrogen-bond donors (Lipinski definition) is 2. The third kappa shape index (κ3) is 4.09. The van der Waals surface area contributed by atoms with E-state index in [2.05, 4.69) is 21.6 Å². The molecule has 1 heterocycles. The molecule has 0 aliphatic rings. The lowest BCUT2D eigenvalue weighted by molar-refractivity contribution is 0.0827. The zero-order chi connectivity index (χ0) is 23.7. The van der Waals surface area contributed by atoms with Gasteiger partial charge in [0.1, 0.15) is 5.82 Å². The predicted octanol–water partition coefficient (Wildman–Crippen LogP) is 4.64. The second-order valence-electron chi connectivity index (χ2n) is 8.20. The Morgan fingerprint density at radius 2 is 1.91 bits per heavy atom. The Hall–Kier alpha value is -4.02. The molecular weight excluding hydrogens is 417 g/mol. The van der Waals surface area contributed by atoms with Crippen LogP contribution in [0.25, 0.3) is 33.3 Å². The number of carbonyl (C=O) groups is 1. The van der Waals surface area contributed by atoms with Crippen molar-refractivity contribution in [3.63, 3.8) is 0 Å². The summed E-state index contributed by atoms with van der Waals surface area (Å²) in [6.07, 6.45) is 0. The molecule has 3 aromatic carbocycles. The van der Waals surface area contributed by atoms with Gasteiger partial charge in [-0.1, -0.05) is 18.2 Å². The van der Waals surface area contributed by atoms with Crippen molar-refractivity contribution in [3.8, 4) is 28.5 Å². The lowest BCUT2D eigenvalue weighted by atomic mass is 9.92. The van der Waals surface area contributed by atoms with Gasteiger partial charge in [0.25, 0.3) is 5.91 Å². The van der Waals surface area contributed by atoms with Crippen molar-refractivity contribution in [2.45, 2.75) is 13.5 Å². The second-order valence-corrected chi connectivity index (χ2v) is 8.20. The first-order valence-corrected chi connectivity index (χ1v) is 10.5. The number of H-pyrrole nitrogens is 1. The van der Waals surface area contributed by atoms with Crippen molar-refractivity contribution in [1.29, 1.82) is 5.26 Å². The number of amides is 1. The van der Waals surface area contributed by atoms with E-state index in [9.17, 15) is 10.1 Å². The molecule has 166 valence electrons. The largest absolute Gasteiger partial charge is 0.345 e. The Bertz CT molecular complexity index is 1370. The third-order valence-electron chi connectivity index (χ3n) is 5.63. The fourth-order valence-electron chi connectivity index (χ4n) is 4.08. The number of nitrogens with zero attached hydrogens (tertiary/aromatic N) is 3. The highest BCUT2D eigenvalue weighted by Gasteiger charge is 2.18. The third-order valence-corrected chi connectivity index (χ3v) is 5.63. The van der Waals surface area contributed by atoms with Crippen LogP contribution >= 0.6 is 0 Å². The minimum absolute atomic E-state index is 0.0814. The summed E-state index contributed by atoms with van der Waals surface area (Å²) in [5.41, 5.74) is 5.65. The summed E-state index contributed by atoms with van der Waals surface area (Å²) in [6.45, 7) is 2.40. The Morgan fingerprint density at radius 1 is 1.18 bits per heavy atom. The average Bonchev–Trinajstić information content (AvgIpc) is 3.20. The maximum Gasteiger partial charge on any atom is 0.253 e. The van der Waals surface area contributed by atoms with Crippen LogP contribution in [0.3, 0.4) is 0 Å². The highest BCUT2D eigenvalue weighted by Crippen LogP contribution is 2.36. The van der Waals surface area contributed by atoms with Crippen LogP contribution in [0.2, 0.25) is 0 Å². The maximum absolute atomic E-state index is 15.2. The van der Waals surface area contributed by atoms with Gasteiger partial charge in [0, 0.05) is 48.3 Å². The normalized spacial score (nSPS) is 10.9. The molecule has 0 atom stereocenters. The quantitative estimate of drug-likeness (QED) is 0.473. The van der Waals surface area contributed by atoms with Crippen molar-refractivity contribution in [1.82, 2.24) is 20.4 Å². The molecule has 0 aliphatic carbocycles. The molecule has 0 saturated heterocycles. The summed E-state index contributed by atoms with van der Waals surface area (Å²) in [5, 5.41) is 21.0. The smallest absolute Gasteiger partial charge is 0.253 e. The van der Waals surface area contributed by atoms with Gasteiger partial charge in [-0.05, 0) is 55.4 Å². The monoisotopic (exact) mass is 441 g/mol. The van der Waals surface area contributed by atoms with E-state index in [0.717, 1.165) is 22.1 Å². The van der Waals surface area contributed by atoms with Crippen LogP contribution < -0.4 is 5.32 Å². The Labute approximate surface area is 191 Å². The predicted molar refractivity (Wildman–Crippen MR) is 127 cm³/mol. The molecule has 0 saturated carbocycles. The minimum atomic E-state index is -0.368. The lowest BCUT2D eigenvalue weighted by Gasteiger charge is -2.13. The Morgan fingerprint density at radius 3 is 2.52 bits per heavy atom. The van der Waals surface area contributed by atoms with Gasteiger partial charge < -0.3 is 10.2 Å². The summed E-state index contributed by atoms with van der Waals surface area (Å²) in [4.78, 5) is 13.7. The zero-order valence-electron chi connectivity index (χ0n) is 19.0. The molecule has 0 spiro atoms. The van der Waals surface area contributed by atoms with Crippen LogP contribution in [0.5, 0.6) is 0 Å².